The van der Waals surface area contributed by atoms with Crippen molar-refractivity contribution >= 4 is 28.9 Å². The molecule has 3 nitrogen and oxygen atoms in total. The summed E-state index contributed by atoms with van der Waals surface area (Å²) in [5.41, 5.74) is 8.89. The SMILES string of the molecule is CC(=O)Nc1ccccc1-c1ccc2c(c1)Sc1ccccc1C2=C1CC2CCC(C1)N2C. The lowest BCUT2D eigenvalue weighted by Crippen LogP contribution is -2.37. The predicted octanol–water partition coefficient (Wildman–Crippen LogP) is 6.84. The molecule has 2 unspecified atom stereocenters. The minimum Gasteiger partial charge on any atom is -0.326 e. The zero-order chi connectivity index (χ0) is 22.5. The third kappa shape index (κ3) is 3.62. The van der Waals surface area contributed by atoms with Gasteiger partial charge in [-0.2, -0.15) is 0 Å². The number of benzene rings is 3. The standard InChI is InChI=1S/C29H28N2OS/c1-18(32)30-26-9-5-3-7-23(26)19-11-14-25-28(17-19)33-27-10-6-4-8-24(27)29(25)20-15-21-12-13-22(16-20)31(21)2/h3-11,14,17,21-22H,12-13,15-16H2,1-2H3,(H,30,32). The number of hydrogen-bond acceptors (Lipinski definition) is 3. The Morgan fingerprint density at radius 1 is 0.879 bits per heavy atom. The molecule has 3 aromatic rings. The number of carbonyl (C=O) groups is 1. The lowest BCUT2D eigenvalue weighted by molar-refractivity contribution is -0.114. The highest BCUT2D eigenvalue weighted by Crippen LogP contribution is 2.51. The van der Waals surface area contributed by atoms with Crippen molar-refractivity contribution in [2.24, 2.45) is 0 Å². The van der Waals surface area contributed by atoms with Crippen LogP contribution in [-0.2, 0) is 4.79 Å². The minimum absolute atomic E-state index is 0.0485. The number of fused-ring (bicyclic) bond motifs is 4. The van der Waals surface area contributed by atoms with Gasteiger partial charge in [-0.3, -0.25) is 9.69 Å². The molecule has 3 heterocycles. The third-order valence-electron chi connectivity index (χ3n) is 7.48. The molecule has 3 aliphatic rings. The van der Waals surface area contributed by atoms with E-state index in [0.29, 0.717) is 12.1 Å². The number of amides is 1. The zero-order valence-electron chi connectivity index (χ0n) is 19.1. The fourth-order valence-corrected chi connectivity index (χ4v) is 6.99. The summed E-state index contributed by atoms with van der Waals surface area (Å²) < 4.78 is 0. The second kappa shape index (κ2) is 8.19. The number of para-hydroxylation sites is 1. The molecule has 0 spiro atoms. The highest BCUT2D eigenvalue weighted by Gasteiger charge is 2.38. The first-order valence-corrected chi connectivity index (χ1v) is 12.6. The van der Waals surface area contributed by atoms with E-state index in [-0.39, 0.29) is 5.91 Å². The summed E-state index contributed by atoms with van der Waals surface area (Å²) in [4.78, 5) is 17.0. The van der Waals surface area contributed by atoms with Crippen LogP contribution in [0.3, 0.4) is 0 Å². The summed E-state index contributed by atoms with van der Waals surface area (Å²) >= 11 is 1.86. The Bertz CT molecular complexity index is 1280. The van der Waals surface area contributed by atoms with E-state index >= 15 is 0 Å². The molecule has 0 aliphatic carbocycles. The summed E-state index contributed by atoms with van der Waals surface area (Å²) in [5.74, 6) is -0.0485. The molecule has 2 bridgehead atoms. The van der Waals surface area contributed by atoms with Gasteiger partial charge in [0.2, 0.25) is 5.91 Å². The van der Waals surface area contributed by atoms with Crippen molar-refractivity contribution in [3.05, 3.63) is 83.4 Å². The van der Waals surface area contributed by atoms with Gasteiger partial charge in [-0.25, -0.2) is 0 Å². The molecule has 2 atom stereocenters. The Hall–Kier alpha value is -2.82. The van der Waals surface area contributed by atoms with Gasteiger partial charge in [-0.1, -0.05) is 65.9 Å². The normalized spacial score (nSPS) is 21.5. The Kier molecular flexibility index (Phi) is 5.16. The fourth-order valence-electron chi connectivity index (χ4n) is 5.86. The van der Waals surface area contributed by atoms with Crippen LogP contribution in [0.5, 0.6) is 0 Å². The summed E-state index contributed by atoms with van der Waals surface area (Å²) in [6, 6.07) is 25.1. The second-order valence-corrected chi connectivity index (χ2v) is 10.6. The van der Waals surface area contributed by atoms with Gasteiger partial charge in [0.15, 0.2) is 0 Å². The van der Waals surface area contributed by atoms with E-state index in [1.807, 2.05) is 30.0 Å². The van der Waals surface area contributed by atoms with E-state index in [2.05, 4.69) is 65.8 Å². The van der Waals surface area contributed by atoms with Crippen molar-refractivity contribution in [3.63, 3.8) is 0 Å². The molecule has 0 saturated carbocycles. The van der Waals surface area contributed by atoms with Crippen molar-refractivity contribution in [3.8, 4) is 11.1 Å². The number of nitrogens with zero attached hydrogens (tertiary/aromatic N) is 1. The second-order valence-electron chi connectivity index (χ2n) is 9.47. The van der Waals surface area contributed by atoms with Crippen LogP contribution in [-0.4, -0.2) is 29.9 Å². The molecule has 4 heteroatoms. The molecule has 1 amide bonds. The molecular formula is C29H28N2OS. The number of piperidine rings is 1. The van der Waals surface area contributed by atoms with Crippen LogP contribution in [0.4, 0.5) is 5.69 Å². The van der Waals surface area contributed by atoms with E-state index in [1.54, 1.807) is 12.5 Å². The van der Waals surface area contributed by atoms with Crippen LogP contribution >= 0.6 is 11.8 Å². The molecule has 6 rings (SSSR count). The molecule has 3 aliphatic heterocycles. The molecule has 3 aromatic carbocycles. The minimum atomic E-state index is -0.0485. The van der Waals surface area contributed by atoms with Crippen molar-refractivity contribution in [1.82, 2.24) is 4.90 Å². The molecule has 166 valence electrons. The largest absolute Gasteiger partial charge is 0.326 e. The monoisotopic (exact) mass is 452 g/mol. The van der Waals surface area contributed by atoms with Gasteiger partial charge >= 0.3 is 0 Å². The van der Waals surface area contributed by atoms with Crippen molar-refractivity contribution in [1.29, 1.82) is 0 Å². The topological polar surface area (TPSA) is 32.3 Å². The average molecular weight is 453 g/mol. The number of nitrogens with one attached hydrogen (secondary N) is 1. The number of carbonyl (C=O) groups excluding carboxylic acids is 1. The van der Waals surface area contributed by atoms with Gasteiger partial charge in [-0.05, 0) is 73.2 Å². The van der Waals surface area contributed by atoms with E-state index in [4.69, 9.17) is 0 Å². The number of hydrogen-bond donors (Lipinski definition) is 1. The summed E-state index contributed by atoms with van der Waals surface area (Å²) in [7, 11) is 2.31. The highest BCUT2D eigenvalue weighted by atomic mass is 32.2. The van der Waals surface area contributed by atoms with Crippen molar-refractivity contribution < 1.29 is 4.79 Å². The number of anilines is 1. The van der Waals surface area contributed by atoms with Gasteiger partial charge in [0.05, 0.1) is 0 Å². The van der Waals surface area contributed by atoms with Crippen LogP contribution in [0.25, 0.3) is 16.7 Å². The van der Waals surface area contributed by atoms with E-state index < -0.39 is 0 Å². The van der Waals surface area contributed by atoms with Crippen LogP contribution < -0.4 is 5.32 Å². The average Bonchev–Trinajstić information content (AvgIpc) is 3.02. The first-order chi connectivity index (χ1) is 16.1. The van der Waals surface area contributed by atoms with E-state index in [9.17, 15) is 4.79 Å². The lowest BCUT2D eigenvalue weighted by Gasteiger charge is -2.35. The molecule has 0 radical (unpaired) electrons. The van der Waals surface area contributed by atoms with Crippen molar-refractivity contribution in [2.75, 3.05) is 12.4 Å². The quantitative estimate of drug-likeness (QED) is 0.362. The Labute approximate surface area is 199 Å². The molecule has 33 heavy (non-hydrogen) atoms. The van der Waals surface area contributed by atoms with Gasteiger partial charge in [0, 0.05) is 40.0 Å². The van der Waals surface area contributed by atoms with Crippen molar-refractivity contribution in [2.45, 2.75) is 54.5 Å². The molecule has 2 saturated heterocycles. The summed E-state index contributed by atoms with van der Waals surface area (Å²) in [5, 5.41) is 2.99. The van der Waals surface area contributed by atoms with Gasteiger partial charge in [0.25, 0.3) is 0 Å². The highest BCUT2D eigenvalue weighted by molar-refractivity contribution is 7.99. The summed E-state index contributed by atoms with van der Waals surface area (Å²) in [6.45, 7) is 1.56. The van der Waals surface area contributed by atoms with E-state index in [1.165, 1.54) is 52.2 Å². The Morgan fingerprint density at radius 2 is 1.55 bits per heavy atom. The maximum atomic E-state index is 11.7. The maximum absolute atomic E-state index is 11.7. The molecule has 1 N–H and O–H groups in total. The zero-order valence-corrected chi connectivity index (χ0v) is 19.9. The first kappa shape index (κ1) is 20.8. The van der Waals surface area contributed by atoms with Crippen LogP contribution in [0, 0.1) is 0 Å². The maximum Gasteiger partial charge on any atom is 0.221 e. The van der Waals surface area contributed by atoms with Gasteiger partial charge in [0.1, 0.15) is 0 Å². The number of rotatable bonds is 2. The molecular weight excluding hydrogens is 424 g/mol. The smallest absolute Gasteiger partial charge is 0.221 e. The van der Waals surface area contributed by atoms with Crippen LogP contribution in [0.15, 0.2) is 82.1 Å². The van der Waals surface area contributed by atoms with Gasteiger partial charge in [-0.15, -0.1) is 0 Å². The third-order valence-corrected chi connectivity index (χ3v) is 8.61. The molecule has 0 aromatic heterocycles. The Morgan fingerprint density at radius 3 is 2.30 bits per heavy atom. The predicted molar refractivity (Wildman–Crippen MR) is 137 cm³/mol. The van der Waals surface area contributed by atoms with Gasteiger partial charge < -0.3 is 5.32 Å². The summed E-state index contributed by atoms with van der Waals surface area (Å²) in [6.07, 6.45) is 4.99. The molecule has 2 fully saturated rings. The Balaban J connectivity index is 1.48. The first-order valence-electron chi connectivity index (χ1n) is 11.8. The lowest BCUT2D eigenvalue weighted by atomic mass is 9.85. The van der Waals surface area contributed by atoms with E-state index in [0.717, 1.165) is 16.8 Å². The van der Waals surface area contributed by atoms with Crippen LogP contribution in [0.2, 0.25) is 0 Å². The fraction of sp³-hybridized carbons (Fsp3) is 0.276. The van der Waals surface area contributed by atoms with Crippen LogP contribution in [0.1, 0.15) is 43.7 Å².